The summed E-state index contributed by atoms with van der Waals surface area (Å²) in [5.74, 6) is 0.841. The molecular formula is C9H17N3S. The molecule has 0 radical (unpaired) electrons. The van der Waals surface area contributed by atoms with E-state index < -0.39 is 0 Å². The van der Waals surface area contributed by atoms with Crippen LogP contribution >= 0.6 is 11.5 Å². The van der Waals surface area contributed by atoms with E-state index in [1.807, 2.05) is 6.92 Å². The monoisotopic (exact) mass is 199 g/mol. The zero-order chi connectivity index (χ0) is 10.1. The minimum Gasteiger partial charge on any atom is -0.357 e. The lowest BCUT2D eigenvalue weighted by Crippen LogP contribution is -2.30. The first-order chi connectivity index (χ1) is 5.89. The maximum atomic E-state index is 4.26. The Bertz CT molecular complexity index is 275. The molecule has 0 saturated carbocycles. The Balaban J connectivity index is 2.60. The first kappa shape index (κ1) is 10.4. The van der Waals surface area contributed by atoms with Gasteiger partial charge in [-0.3, -0.25) is 0 Å². The highest BCUT2D eigenvalue weighted by Gasteiger charge is 2.20. The molecule has 0 fully saturated rings. The molecule has 1 aromatic rings. The van der Waals surface area contributed by atoms with E-state index >= 15 is 0 Å². The van der Waals surface area contributed by atoms with Crippen LogP contribution in [0.5, 0.6) is 0 Å². The van der Waals surface area contributed by atoms with Crippen molar-refractivity contribution in [3.8, 4) is 0 Å². The molecule has 1 N–H and O–H groups in total. The van der Waals surface area contributed by atoms with Gasteiger partial charge >= 0.3 is 0 Å². The third-order valence-corrected chi connectivity index (χ3v) is 2.90. The van der Waals surface area contributed by atoms with Gasteiger partial charge in [-0.1, -0.05) is 20.8 Å². The summed E-state index contributed by atoms with van der Waals surface area (Å²) in [7, 11) is 0. The van der Waals surface area contributed by atoms with Gasteiger partial charge in [0.05, 0.1) is 0 Å². The van der Waals surface area contributed by atoms with Gasteiger partial charge in [-0.25, -0.2) is 4.98 Å². The molecule has 1 unspecified atom stereocenters. The molecule has 3 nitrogen and oxygen atoms in total. The number of aryl methyl sites for hydroxylation is 1. The topological polar surface area (TPSA) is 37.8 Å². The molecule has 1 heterocycles. The molecule has 4 heteroatoms. The second kappa shape index (κ2) is 3.62. The van der Waals surface area contributed by atoms with Gasteiger partial charge in [0, 0.05) is 17.6 Å². The number of rotatable bonds is 2. The Morgan fingerprint density at radius 3 is 2.38 bits per heavy atom. The summed E-state index contributed by atoms with van der Waals surface area (Å²) in [6.07, 6.45) is 0. The Morgan fingerprint density at radius 1 is 1.38 bits per heavy atom. The van der Waals surface area contributed by atoms with Gasteiger partial charge in [0.1, 0.15) is 5.82 Å². The molecule has 0 amide bonds. The quantitative estimate of drug-likeness (QED) is 0.795. The summed E-state index contributed by atoms with van der Waals surface area (Å²) in [4.78, 5) is 4.26. The summed E-state index contributed by atoms with van der Waals surface area (Å²) in [5.41, 5.74) is 0.250. The van der Waals surface area contributed by atoms with Crippen molar-refractivity contribution in [3.63, 3.8) is 0 Å². The van der Waals surface area contributed by atoms with Crippen LogP contribution in [0.25, 0.3) is 0 Å². The van der Waals surface area contributed by atoms with Crippen molar-refractivity contribution >= 4 is 16.7 Å². The van der Waals surface area contributed by atoms with Gasteiger partial charge < -0.3 is 5.32 Å². The van der Waals surface area contributed by atoms with E-state index in [0.717, 1.165) is 11.0 Å². The fourth-order valence-electron chi connectivity index (χ4n) is 0.757. The zero-order valence-corrected chi connectivity index (χ0v) is 9.70. The van der Waals surface area contributed by atoms with Crippen molar-refractivity contribution in [2.24, 2.45) is 5.41 Å². The molecule has 0 aliphatic rings. The highest BCUT2D eigenvalue weighted by atomic mass is 32.1. The number of nitrogens with zero attached hydrogens (tertiary/aromatic N) is 2. The minimum absolute atomic E-state index is 0.250. The van der Waals surface area contributed by atoms with Gasteiger partial charge in [0.2, 0.25) is 5.13 Å². The third-order valence-electron chi connectivity index (χ3n) is 2.17. The number of nitrogens with one attached hydrogen (secondary N) is 1. The van der Waals surface area contributed by atoms with Gasteiger partial charge in [0.15, 0.2) is 0 Å². The van der Waals surface area contributed by atoms with Crippen LogP contribution < -0.4 is 5.32 Å². The van der Waals surface area contributed by atoms with Gasteiger partial charge in [-0.05, 0) is 19.3 Å². The molecule has 0 saturated heterocycles. The molecule has 0 bridgehead atoms. The van der Waals surface area contributed by atoms with E-state index in [0.29, 0.717) is 6.04 Å². The van der Waals surface area contributed by atoms with Crippen LogP contribution in [0, 0.1) is 12.3 Å². The third kappa shape index (κ3) is 2.95. The summed E-state index contributed by atoms with van der Waals surface area (Å²) in [6.45, 7) is 10.7. The Labute approximate surface area is 83.8 Å². The van der Waals surface area contributed by atoms with E-state index in [2.05, 4.69) is 42.4 Å². The molecule has 0 spiro atoms. The lowest BCUT2D eigenvalue weighted by Gasteiger charge is -2.27. The van der Waals surface area contributed by atoms with Crippen LogP contribution in [0.15, 0.2) is 0 Å². The molecule has 74 valence electrons. The molecule has 0 aliphatic carbocycles. The Morgan fingerprint density at radius 2 is 2.00 bits per heavy atom. The molecule has 13 heavy (non-hydrogen) atoms. The maximum absolute atomic E-state index is 4.26. The lowest BCUT2D eigenvalue weighted by molar-refractivity contribution is 0.359. The number of aromatic nitrogens is 2. The molecule has 0 aromatic carbocycles. The largest absolute Gasteiger partial charge is 0.357 e. The Kier molecular flexibility index (Phi) is 2.91. The van der Waals surface area contributed by atoms with E-state index in [-0.39, 0.29) is 5.41 Å². The number of anilines is 1. The van der Waals surface area contributed by atoms with Crippen LogP contribution in [-0.4, -0.2) is 15.4 Å². The number of hydrogen-bond acceptors (Lipinski definition) is 4. The normalized spacial score (nSPS) is 14.2. The highest BCUT2D eigenvalue weighted by Crippen LogP contribution is 2.23. The van der Waals surface area contributed by atoms with Crippen molar-refractivity contribution in [1.82, 2.24) is 9.36 Å². The summed E-state index contributed by atoms with van der Waals surface area (Å²) >= 11 is 1.42. The average molecular weight is 199 g/mol. The van der Waals surface area contributed by atoms with Crippen LogP contribution in [0.4, 0.5) is 5.13 Å². The SMILES string of the molecule is Cc1nsc(NC(C)C(C)(C)C)n1. The van der Waals surface area contributed by atoms with E-state index in [1.165, 1.54) is 11.5 Å². The van der Waals surface area contributed by atoms with E-state index in [9.17, 15) is 0 Å². The summed E-state index contributed by atoms with van der Waals surface area (Å²) < 4.78 is 4.12. The lowest BCUT2D eigenvalue weighted by atomic mass is 9.88. The van der Waals surface area contributed by atoms with E-state index in [4.69, 9.17) is 0 Å². The van der Waals surface area contributed by atoms with Crippen LogP contribution in [-0.2, 0) is 0 Å². The van der Waals surface area contributed by atoms with Crippen molar-refractivity contribution in [2.45, 2.75) is 40.7 Å². The smallest absolute Gasteiger partial charge is 0.202 e. The van der Waals surface area contributed by atoms with Crippen molar-refractivity contribution in [1.29, 1.82) is 0 Å². The molecule has 0 aliphatic heterocycles. The molecule has 1 aromatic heterocycles. The molecular weight excluding hydrogens is 182 g/mol. The van der Waals surface area contributed by atoms with Crippen LogP contribution in [0.2, 0.25) is 0 Å². The Hall–Kier alpha value is -0.640. The van der Waals surface area contributed by atoms with Crippen molar-refractivity contribution < 1.29 is 0 Å². The first-order valence-electron chi connectivity index (χ1n) is 4.46. The predicted molar refractivity (Wildman–Crippen MR) is 57.2 cm³/mol. The predicted octanol–water partition coefficient (Wildman–Crippen LogP) is 2.69. The number of hydrogen-bond donors (Lipinski definition) is 1. The first-order valence-corrected chi connectivity index (χ1v) is 5.24. The average Bonchev–Trinajstić information content (AvgIpc) is 2.33. The highest BCUT2D eigenvalue weighted by molar-refractivity contribution is 7.09. The second-order valence-electron chi connectivity index (χ2n) is 4.38. The van der Waals surface area contributed by atoms with E-state index in [1.54, 1.807) is 0 Å². The van der Waals surface area contributed by atoms with Crippen molar-refractivity contribution in [2.75, 3.05) is 5.32 Å². The van der Waals surface area contributed by atoms with Crippen molar-refractivity contribution in [3.05, 3.63) is 5.82 Å². The standard InChI is InChI=1S/C9H17N3S/c1-6(9(3,4)5)10-8-11-7(2)12-13-8/h6H,1-5H3,(H,10,11,12). The van der Waals surface area contributed by atoms with Crippen LogP contribution in [0.3, 0.4) is 0 Å². The van der Waals surface area contributed by atoms with Crippen LogP contribution in [0.1, 0.15) is 33.5 Å². The van der Waals surface area contributed by atoms with Gasteiger partial charge in [-0.15, -0.1) is 0 Å². The molecule has 1 rings (SSSR count). The van der Waals surface area contributed by atoms with Gasteiger partial charge in [-0.2, -0.15) is 4.37 Å². The minimum atomic E-state index is 0.250. The second-order valence-corrected chi connectivity index (χ2v) is 5.13. The fraction of sp³-hybridized carbons (Fsp3) is 0.778. The molecule has 1 atom stereocenters. The maximum Gasteiger partial charge on any atom is 0.202 e. The summed E-state index contributed by atoms with van der Waals surface area (Å²) in [6, 6.07) is 0.403. The van der Waals surface area contributed by atoms with Gasteiger partial charge in [0.25, 0.3) is 0 Å². The zero-order valence-electron chi connectivity index (χ0n) is 8.88. The summed E-state index contributed by atoms with van der Waals surface area (Å²) in [5, 5.41) is 4.26. The fourth-order valence-corrected chi connectivity index (χ4v) is 1.42.